The molecule has 7 nitrogen and oxygen atoms in total. The van der Waals surface area contributed by atoms with E-state index >= 15 is 0 Å². The highest BCUT2D eigenvalue weighted by molar-refractivity contribution is 5.95. The van der Waals surface area contributed by atoms with E-state index in [1.54, 1.807) is 45.0 Å². The van der Waals surface area contributed by atoms with Crippen molar-refractivity contribution < 1.29 is 23.9 Å². The topological polar surface area (TPSA) is 93.7 Å². The molecule has 3 aromatic rings. The van der Waals surface area contributed by atoms with E-state index in [-0.39, 0.29) is 19.1 Å². The minimum atomic E-state index is -0.665. The first-order valence-corrected chi connectivity index (χ1v) is 11.4. The van der Waals surface area contributed by atoms with Gasteiger partial charge in [-0.05, 0) is 67.3 Å². The maximum absolute atomic E-state index is 12.2. The number of hydrogen-bond acceptors (Lipinski definition) is 5. The van der Waals surface area contributed by atoms with Gasteiger partial charge in [-0.2, -0.15) is 0 Å². The van der Waals surface area contributed by atoms with Crippen LogP contribution < -0.4 is 10.6 Å². The van der Waals surface area contributed by atoms with E-state index in [4.69, 9.17) is 9.47 Å². The first-order chi connectivity index (χ1) is 16.7. The monoisotopic (exact) mass is 472 g/mol. The summed E-state index contributed by atoms with van der Waals surface area (Å²) in [5.41, 5.74) is 4.83. The van der Waals surface area contributed by atoms with E-state index in [1.807, 2.05) is 36.4 Å². The molecule has 1 aliphatic rings. The first kappa shape index (κ1) is 24.0. The molecule has 0 saturated carbocycles. The van der Waals surface area contributed by atoms with Gasteiger partial charge in [-0.15, -0.1) is 0 Å². The van der Waals surface area contributed by atoms with Crippen LogP contribution in [-0.4, -0.2) is 36.7 Å². The van der Waals surface area contributed by atoms with Crippen LogP contribution in [0.3, 0.4) is 0 Å². The minimum Gasteiger partial charge on any atom is -0.456 e. The number of alkyl carbamates (subject to hydrolysis) is 1. The SMILES string of the molecule is CC(C)(C)OC(=O)c1ccc(NC(=O)CNC(=O)OCC2c3ccccc3-c3ccccc32)cc1. The fourth-order valence-electron chi connectivity index (χ4n) is 4.03. The molecule has 4 rings (SSSR count). The van der Waals surface area contributed by atoms with Gasteiger partial charge in [0, 0.05) is 11.6 Å². The van der Waals surface area contributed by atoms with Crippen LogP contribution in [0.25, 0.3) is 11.1 Å². The molecule has 0 fully saturated rings. The van der Waals surface area contributed by atoms with Crippen molar-refractivity contribution in [3.05, 3.63) is 89.5 Å². The Hall–Kier alpha value is -4.13. The molecular weight excluding hydrogens is 444 g/mol. The van der Waals surface area contributed by atoms with Gasteiger partial charge in [0.15, 0.2) is 0 Å². The molecule has 0 saturated heterocycles. The molecule has 0 atom stereocenters. The van der Waals surface area contributed by atoms with E-state index < -0.39 is 23.6 Å². The second-order valence-electron chi connectivity index (χ2n) is 9.31. The predicted octanol–water partition coefficient (Wildman–Crippen LogP) is 5.12. The van der Waals surface area contributed by atoms with Crippen LogP contribution in [0.15, 0.2) is 72.8 Å². The second kappa shape index (κ2) is 10.0. The van der Waals surface area contributed by atoms with Crippen molar-refractivity contribution in [3.63, 3.8) is 0 Å². The van der Waals surface area contributed by atoms with E-state index in [2.05, 4.69) is 22.8 Å². The molecule has 0 aromatic heterocycles. The van der Waals surface area contributed by atoms with Crippen LogP contribution in [0.1, 0.15) is 48.2 Å². The summed E-state index contributed by atoms with van der Waals surface area (Å²) in [7, 11) is 0. The molecular formula is C28H28N2O5. The number of anilines is 1. The highest BCUT2D eigenvalue weighted by atomic mass is 16.6. The number of carbonyl (C=O) groups is 3. The maximum atomic E-state index is 12.2. The average Bonchev–Trinajstić information content (AvgIpc) is 3.14. The Bertz CT molecular complexity index is 1200. The summed E-state index contributed by atoms with van der Waals surface area (Å²) in [5, 5.41) is 5.16. The molecule has 180 valence electrons. The lowest BCUT2D eigenvalue weighted by Crippen LogP contribution is -2.34. The Morgan fingerprint density at radius 2 is 1.40 bits per heavy atom. The van der Waals surface area contributed by atoms with Crippen molar-refractivity contribution in [1.29, 1.82) is 0 Å². The Morgan fingerprint density at radius 3 is 1.97 bits per heavy atom. The third-order valence-electron chi connectivity index (χ3n) is 5.54. The van der Waals surface area contributed by atoms with Crippen molar-refractivity contribution >= 4 is 23.7 Å². The summed E-state index contributed by atoms with van der Waals surface area (Å²) in [6, 6.07) is 22.5. The van der Waals surface area contributed by atoms with Crippen LogP contribution in [-0.2, 0) is 14.3 Å². The van der Waals surface area contributed by atoms with Gasteiger partial charge in [-0.3, -0.25) is 4.79 Å². The Balaban J connectivity index is 1.26. The number of rotatable bonds is 6. The highest BCUT2D eigenvalue weighted by Gasteiger charge is 2.29. The zero-order valence-corrected chi connectivity index (χ0v) is 20.0. The van der Waals surface area contributed by atoms with Crippen molar-refractivity contribution in [2.24, 2.45) is 0 Å². The fraction of sp³-hybridized carbons (Fsp3) is 0.250. The van der Waals surface area contributed by atoms with Crippen LogP contribution in [0.5, 0.6) is 0 Å². The highest BCUT2D eigenvalue weighted by Crippen LogP contribution is 2.44. The lowest BCUT2D eigenvalue weighted by Gasteiger charge is -2.19. The molecule has 0 bridgehead atoms. The zero-order valence-electron chi connectivity index (χ0n) is 20.0. The van der Waals surface area contributed by atoms with Gasteiger partial charge in [-0.25, -0.2) is 9.59 Å². The normalized spacial score (nSPS) is 12.3. The van der Waals surface area contributed by atoms with Gasteiger partial charge in [0.1, 0.15) is 18.8 Å². The van der Waals surface area contributed by atoms with Crippen molar-refractivity contribution in [3.8, 4) is 11.1 Å². The molecule has 0 unspecified atom stereocenters. The fourth-order valence-corrected chi connectivity index (χ4v) is 4.03. The summed E-state index contributed by atoms with van der Waals surface area (Å²) in [5.74, 6) is -0.902. The van der Waals surface area contributed by atoms with Gasteiger partial charge in [0.05, 0.1) is 5.56 Å². The first-order valence-electron chi connectivity index (χ1n) is 11.4. The standard InChI is InChI=1S/C28H28N2O5/c1-28(2,3)35-26(32)18-12-14-19(15-13-18)30-25(31)16-29-27(33)34-17-24-22-10-6-4-8-20(22)21-9-5-7-11-23(21)24/h4-15,24H,16-17H2,1-3H3,(H,29,33)(H,30,31). The maximum Gasteiger partial charge on any atom is 0.407 e. The minimum absolute atomic E-state index is 0.0505. The van der Waals surface area contributed by atoms with Crippen molar-refractivity contribution in [2.45, 2.75) is 32.3 Å². The average molecular weight is 473 g/mol. The molecule has 0 radical (unpaired) electrons. The summed E-state index contributed by atoms with van der Waals surface area (Å²) in [4.78, 5) is 36.6. The van der Waals surface area contributed by atoms with Gasteiger partial charge in [0.25, 0.3) is 0 Å². The summed E-state index contributed by atoms with van der Waals surface area (Å²) in [6.45, 7) is 5.31. The second-order valence-corrected chi connectivity index (χ2v) is 9.31. The lowest BCUT2D eigenvalue weighted by atomic mass is 9.98. The van der Waals surface area contributed by atoms with Gasteiger partial charge in [0.2, 0.25) is 5.91 Å². The van der Waals surface area contributed by atoms with Crippen molar-refractivity contribution in [2.75, 3.05) is 18.5 Å². The van der Waals surface area contributed by atoms with Crippen LogP contribution in [0.4, 0.5) is 10.5 Å². The van der Waals surface area contributed by atoms with Crippen LogP contribution in [0.2, 0.25) is 0 Å². The van der Waals surface area contributed by atoms with E-state index in [1.165, 1.54) is 0 Å². The molecule has 0 spiro atoms. The Kier molecular flexibility index (Phi) is 6.87. The van der Waals surface area contributed by atoms with Crippen LogP contribution in [0, 0.1) is 0 Å². The third-order valence-corrected chi connectivity index (χ3v) is 5.54. The van der Waals surface area contributed by atoms with Crippen LogP contribution >= 0.6 is 0 Å². The largest absolute Gasteiger partial charge is 0.456 e. The van der Waals surface area contributed by atoms with Gasteiger partial charge < -0.3 is 20.1 Å². The number of fused-ring (bicyclic) bond motifs is 3. The van der Waals surface area contributed by atoms with Crippen molar-refractivity contribution in [1.82, 2.24) is 5.32 Å². The molecule has 2 N–H and O–H groups in total. The summed E-state index contributed by atoms with van der Waals surface area (Å²) < 4.78 is 10.8. The Labute approximate surface area is 204 Å². The summed E-state index contributed by atoms with van der Waals surface area (Å²) >= 11 is 0. The smallest absolute Gasteiger partial charge is 0.407 e. The predicted molar refractivity (Wildman–Crippen MR) is 133 cm³/mol. The number of benzene rings is 3. The Morgan fingerprint density at radius 1 is 0.829 bits per heavy atom. The molecule has 0 aliphatic heterocycles. The number of hydrogen-bond donors (Lipinski definition) is 2. The molecule has 2 amide bonds. The van der Waals surface area contributed by atoms with Gasteiger partial charge in [-0.1, -0.05) is 48.5 Å². The quantitative estimate of drug-likeness (QED) is 0.486. The number of ether oxygens (including phenoxy) is 2. The lowest BCUT2D eigenvalue weighted by molar-refractivity contribution is -0.115. The van der Waals surface area contributed by atoms with E-state index in [0.29, 0.717) is 11.3 Å². The van der Waals surface area contributed by atoms with E-state index in [9.17, 15) is 14.4 Å². The number of nitrogens with one attached hydrogen (secondary N) is 2. The van der Waals surface area contributed by atoms with Gasteiger partial charge >= 0.3 is 12.1 Å². The number of carbonyl (C=O) groups excluding carboxylic acids is 3. The summed E-state index contributed by atoms with van der Waals surface area (Å²) in [6.07, 6.45) is -0.665. The third kappa shape index (κ3) is 5.87. The molecule has 1 aliphatic carbocycles. The number of esters is 1. The molecule has 3 aromatic carbocycles. The molecule has 35 heavy (non-hydrogen) atoms. The molecule has 0 heterocycles. The zero-order chi connectivity index (χ0) is 25.0. The van der Waals surface area contributed by atoms with E-state index in [0.717, 1.165) is 22.3 Å². The molecule has 7 heteroatoms. The number of amides is 2.